The summed E-state index contributed by atoms with van der Waals surface area (Å²) in [6.45, 7) is 0. The van der Waals surface area contributed by atoms with Crippen LogP contribution in [0.1, 0.15) is 0 Å². The molecule has 0 saturated heterocycles. The minimum atomic E-state index is -0.335. The molecule has 0 aliphatic rings. The SMILES string of the molecule is Fc1cnc2[nH]c(I)cc2c1Br. The molecule has 0 aromatic carbocycles. The number of aromatic amines is 1. The number of fused-ring (bicyclic) bond motifs is 1. The third-order valence-corrected chi connectivity index (χ3v) is 2.90. The van der Waals surface area contributed by atoms with Crippen molar-refractivity contribution in [2.24, 2.45) is 0 Å². The molecule has 2 aromatic rings. The summed E-state index contributed by atoms with van der Waals surface area (Å²) in [7, 11) is 0. The van der Waals surface area contributed by atoms with Gasteiger partial charge in [-0.05, 0) is 44.6 Å². The highest BCUT2D eigenvalue weighted by molar-refractivity contribution is 14.1. The zero-order chi connectivity index (χ0) is 8.72. The van der Waals surface area contributed by atoms with E-state index in [0.29, 0.717) is 10.1 Å². The quantitative estimate of drug-likeness (QED) is 0.734. The van der Waals surface area contributed by atoms with Crippen LogP contribution in [0.15, 0.2) is 16.7 Å². The van der Waals surface area contributed by atoms with E-state index in [4.69, 9.17) is 0 Å². The fourth-order valence-corrected chi connectivity index (χ4v) is 1.96. The van der Waals surface area contributed by atoms with Gasteiger partial charge in [-0.3, -0.25) is 0 Å². The molecule has 62 valence electrons. The van der Waals surface area contributed by atoms with E-state index in [2.05, 4.69) is 48.5 Å². The molecule has 2 heterocycles. The van der Waals surface area contributed by atoms with Gasteiger partial charge >= 0.3 is 0 Å². The molecule has 0 radical (unpaired) electrons. The Hall–Kier alpha value is -0.170. The summed E-state index contributed by atoms with van der Waals surface area (Å²) in [6.07, 6.45) is 1.19. The van der Waals surface area contributed by atoms with Crippen molar-refractivity contribution >= 4 is 49.6 Å². The molecule has 12 heavy (non-hydrogen) atoms. The number of nitrogens with one attached hydrogen (secondary N) is 1. The molecule has 0 atom stereocenters. The number of hydrogen-bond acceptors (Lipinski definition) is 1. The van der Waals surface area contributed by atoms with Crippen molar-refractivity contribution in [1.29, 1.82) is 0 Å². The number of nitrogens with zero attached hydrogens (tertiary/aromatic N) is 1. The number of hydrogen-bond donors (Lipinski definition) is 1. The standard InChI is InChI=1S/C7H3BrFIN2/c8-6-3-1-5(10)12-7(3)11-2-4(6)9/h1-2H,(H,11,12). The summed E-state index contributed by atoms with van der Waals surface area (Å²) in [5.74, 6) is -0.335. The van der Waals surface area contributed by atoms with E-state index in [1.54, 1.807) is 0 Å². The fourth-order valence-electron chi connectivity index (χ4n) is 0.987. The first-order chi connectivity index (χ1) is 5.68. The van der Waals surface area contributed by atoms with Gasteiger partial charge in [-0.2, -0.15) is 0 Å². The second kappa shape index (κ2) is 2.95. The Labute approximate surface area is 89.8 Å². The van der Waals surface area contributed by atoms with E-state index in [1.807, 2.05) is 6.07 Å². The molecular formula is C7H3BrFIN2. The molecular weight excluding hydrogens is 338 g/mol. The van der Waals surface area contributed by atoms with Gasteiger partial charge in [0.1, 0.15) is 5.65 Å². The molecule has 2 rings (SSSR count). The van der Waals surface area contributed by atoms with Gasteiger partial charge in [0, 0.05) is 5.39 Å². The van der Waals surface area contributed by atoms with E-state index in [0.717, 1.165) is 9.09 Å². The van der Waals surface area contributed by atoms with Crippen LogP contribution in [0.25, 0.3) is 11.0 Å². The van der Waals surface area contributed by atoms with E-state index in [9.17, 15) is 4.39 Å². The summed E-state index contributed by atoms with van der Waals surface area (Å²) in [6, 6.07) is 1.84. The van der Waals surface area contributed by atoms with Crippen molar-refractivity contribution in [2.45, 2.75) is 0 Å². The highest BCUT2D eigenvalue weighted by atomic mass is 127. The van der Waals surface area contributed by atoms with E-state index in [-0.39, 0.29) is 5.82 Å². The van der Waals surface area contributed by atoms with E-state index in [1.165, 1.54) is 6.20 Å². The Morgan fingerprint density at radius 3 is 3.08 bits per heavy atom. The molecule has 2 aromatic heterocycles. The largest absolute Gasteiger partial charge is 0.335 e. The third kappa shape index (κ3) is 1.24. The van der Waals surface area contributed by atoms with Crippen molar-refractivity contribution in [3.8, 4) is 0 Å². The van der Waals surface area contributed by atoms with Crippen LogP contribution in [0.4, 0.5) is 4.39 Å². The van der Waals surface area contributed by atoms with Gasteiger partial charge in [-0.15, -0.1) is 0 Å². The lowest BCUT2D eigenvalue weighted by Gasteiger charge is -1.93. The minimum absolute atomic E-state index is 0.335. The number of aromatic nitrogens is 2. The monoisotopic (exact) mass is 340 g/mol. The number of H-pyrrole nitrogens is 1. The van der Waals surface area contributed by atoms with Crippen molar-refractivity contribution in [3.05, 3.63) is 26.3 Å². The fraction of sp³-hybridized carbons (Fsp3) is 0. The molecule has 1 N–H and O–H groups in total. The number of pyridine rings is 1. The maximum atomic E-state index is 12.9. The van der Waals surface area contributed by atoms with Gasteiger partial charge in [0.15, 0.2) is 5.82 Å². The lowest BCUT2D eigenvalue weighted by molar-refractivity contribution is 0.618. The van der Waals surface area contributed by atoms with Crippen LogP contribution in [-0.2, 0) is 0 Å². The summed E-state index contributed by atoms with van der Waals surface area (Å²) in [5.41, 5.74) is 0.702. The highest BCUT2D eigenvalue weighted by Crippen LogP contribution is 2.25. The molecule has 0 aliphatic heterocycles. The van der Waals surface area contributed by atoms with E-state index < -0.39 is 0 Å². The lowest BCUT2D eigenvalue weighted by Crippen LogP contribution is -1.82. The van der Waals surface area contributed by atoms with Crippen molar-refractivity contribution < 1.29 is 4.39 Å². The molecule has 0 bridgehead atoms. The molecule has 5 heteroatoms. The third-order valence-electron chi connectivity index (χ3n) is 1.52. The predicted molar refractivity (Wildman–Crippen MR) is 56.5 cm³/mol. The molecule has 0 aliphatic carbocycles. The first-order valence-electron chi connectivity index (χ1n) is 3.16. The molecule has 0 amide bonds. The van der Waals surface area contributed by atoms with Gasteiger partial charge in [0.05, 0.1) is 14.4 Å². The summed E-state index contributed by atoms with van der Waals surface area (Å²) in [5, 5.41) is 0.777. The highest BCUT2D eigenvalue weighted by Gasteiger charge is 2.07. The number of rotatable bonds is 0. The Morgan fingerprint density at radius 1 is 1.58 bits per heavy atom. The minimum Gasteiger partial charge on any atom is -0.335 e. The Balaban J connectivity index is 2.89. The second-order valence-electron chi connectivity index (χ2n) is 2.30. The maximum Gasteiger partial charge on any atom is 0.156 e. The van der Waals surface area contributed by atoms with E-state index >= 15 is 0 Å². The molecule has 2 nitrogen and oxygen atoms in total. The summed E-state index contributed by atoms with van der Waals surface area (Å²) >= 11 is 5.28. The Bertz CT molecular complexity index is 440. The first kappa shape index (κ1) is 8.43. The smallest absolute Gasteiger partial charge is 0.156 e. The lowest BCUT2D eigenvalue weighted by atomic mass is 10.3. The van der Waals surface area contributed by atoms with Gasteiger partial charge in [0.25, 0.3) is 0 Å². The van der Waals surface area contributed by atoms with Gasteiger partial charge < -0.3 is 4.98 Å². The van der Waals surface area contributed by atoms with Crippen molar-refractivity contribution in [1.82, 2.24) is 9.97 Å². The average Bonchev–Trinajstić information content (AvgIpc) is 2.39. The van der Waals surface area contributed by atoms with Crippen LogP contribution in [0.5, 0.6) is 0 Å². The van der Waals surface area contributed by atoms with Crippen LogP contribution < -0.4 is 0 Å². The number of halogens is 3. The summed E-state index contributed by atoms with van der Waals surface area (Å²) in [4.78, 5) is 6.90. The van der Waals surface area contributed by atoms with Crippen molar-refractivity contribution in [3.63, 3.8) is 0 Å². The molecule has 0 fully saturated rings. The first-order valence-corrected chi connectivity index (χ1v) is 5.04. The zero-order valence-corrected chi connectivity index (χ0v) is 9.48. The molecule has 0 saturated carbocycles. The van der Waals surface area contributed by atoms with Crippen LogP contribution in [0.3, 0.4) is 0 Å². The molecule has 0 unspecified atom stereocenters. The Morgan fingerprint density at radius 2 is 2.33 bits per heavy atom. The topological polar surface area (TPSA) is 28.7 Å². The predicted octanol–water partition coefficient (Wildman–Crippen LogP) is 3.07. The average molecular weight is 341 g/mol. The van der Waals surface area contributed by atoms with Gasteiger partial charge in [-0.1, -0.05) is 0 Å². The zero-order valence-electron chi connectivity index (χ0n) is 5.74. The maximum absolute atomic E-state index is 12.9. The van der Waals surface area contributed by atoms with Gasteiger partial charge in [-0.25, -0.2) is 9.37 Å². The van der Waals surface area contributed by atoms with Crippen LogP contribution >= 0.6 is 38.5 Å². The van der Waals surface area contributed by atoms with Crippen LogP contribution in [0, 0.1) is 9.52 Å². The van der Waals surface area contributed by atoms with Crippen molar-refractivity contribution in [2.75, 3.05) is 0 Å². The molecule has 0 spiro atoms. The second-order valence-corrected chi connectivity index (χ2v) is 4.25. The summed E-state index contributed by atoms with van der Waals surface area (Å²) < 4.78 is 14.3. The van der Waals surface area contributed by atoms with Crippen LogP contribution in [0.2, 0.25) is 0 Å². The normalized spacial score (nSPS) is 10.9. The van der Waals surface area contributed by atoms with Crippen LogP contribution in [-0.4, -0.2) is 9.97 Å². The Kier molecular flexibility index (Phi) is 2.07. The van der Waals surface area contributed by atoms with Gasteiger partial charge in [0.2, 0.25) is 0 Å².